The Hall–Kier alpha value is -2.44. The largest absolute Gasteiger partial charge is 0.478 e. The van der Waals surface area contributed by atoms with Gasteiger partial charge >= 0.3 is 11.9 Å². The number of likely N-dealkylation sites (tertiary alicyclic amines) is 1. The number of hydrogen-bond donors (Lipinski definition) is 1. The standard InChI is InChI=1S/C14H16N2O5/c1-21-14(20)9-4-3-7-16(8-9)12(17)11-10(13(18)19)5-2-6-15-11/h2,5-6,9H,3-4,7-8H2,1H3,(H,18,19). The topological polar surface area (TPSA) is 96.8 Å². The number of nitrogens with zero attached hydrogens (tertiary/aromatic N) is 2. The van der Waals surface area contributed by atoms with Gasteiger partial charge in [0.05, 0.1) is 18.6 Å². The number of rotatable bonds is 3. The average molecular weight is 292 g/mol. The van der Waals surface area contributed by atoms with Gasteiger partial charge in [0.2, 0.25) is 0 Å². The number of carbonyl (C=O) groups is 3. The summed E-state index contributed by atoms with van der Waals surface area (Å²) in [5.41, 5.74) is -0.238. The highest BCUT2D eigenvalue weighted by atomic mass is 16.5. The lowest BCUT2D eigenvalue weighted by atomic mass is 9.97. The smallest absolute Gasteiger partial charge is 0.338 e. The second-order valence-corrected chi connectivity index (χ2v) is 4.82. The zero-order valence-corrected chi connectivity index (χ0v) is 11.6. The number of esters is 1. The molecule has 1 aromatic rings. The average Bonchev–Trinajstić information content (AvgIpc) is 2.53. The first kappa shape index (κ1) is 15.0. The third-order valence-corrected chi connectivity index (χ3v) is 3.48. The first-order valence-corrected chi connectivity index (χ1v) is 6.60. The zero-order chi connectivity index (χ0) is 15.4. The molecule has 1 unspecified atom stereocenters. The van der Waals surface area contributed by atoms with Crippen LogP contribution in [0.25, 0.3) is 0 Å². The molecular weight excluding hydrogens is 276 g/mol. The maximum atomic E-state index is 12.4. The van der Waals surface area contributed by atoms with Crippen molar-refractivity contribution in [3.8, 4) is 0 Å². The van der Waals surface area contributed by atoms with E-state index < -0.39 is 11.9 Å². The number of carboxylic acids is 1. The van der Waals surface area contributed by atoms with E-state index in [1.54, 1.807) is 0 Å². The summed E-state index contributed by atoms with van der Waals surface area (Å²) in [5.74, 6) is -2.40. The molecule has 0 aromatic carbocycles. The van der Waals surface area contributed by atoms with E-state index >= 15 is 0 Å². The van der Waals surface area contributed by atoms with Crippen molar-refractivity contribution in [1.29, 1.82) is 0 Å². The Kier molecular flexibility index (Phi) is 4.52. The lowest BCUT2D eigenvalue weighted by Crippen LogP contribution is -2.43. The van der Waals surface area contributed by atoms with Gasteiger partial charge in [0.1, 0.15) is 5.69 Å². The Morgan fingerprint density at radius 2 is 2.19 bits per heavy atom. The molecule has 21 heavy (non-hydrogen) atoms. The molecule has 0 saturated carbocycles. The molecule has 0 aliphatic carbocycles. The third kappa shape index (κ3) is 3.18. The van der Waals surface area contributed by atoms with Crippen LogP contribution >= 0.6 is 0 Å². The van der Waals surface area contributed by atoms with Gasteiger partial charge in [-0.25, -0.2) is 4.79 Å². The van der Waals surface area contributed by atoms with E-state index in [1.807, 2.05) is 0 Å². The molecule has 2 rings (SSSR count). The lowest BCUT2D eigenvalue weighted by Gasteiger charge is -2.31. The van der Waals surface area contributed by atoms with Gasteiger partial charge in [0.15, 0.2) is 0 Å². The van der Waals surface area contributed by atoms with Crippen LogP contribution in [-0.4, -0.2) is 53.0 Å². The molecule has 2 heterocycles. The van der Waals surface area contributed by atoms with Crippen molar-refractivity contribution in [2.75, 3.05) is 20.2 Å². The summed E-state index contributed by atoms with van der Waals surface area (Å²) in [5, 5.41) is 9.11. The number of aromatic carboxylic acids is 1. The van der Waals surface area contributed by atoms with Crippen LogP contribution in [0.3, 0.4) is 0 Å². The molecule has 7 heteroatoms. The number of methoxy groups -OCH3 is 1. The minimum atomic E-state index is -1.20. The zero-order valence-electron chi connectivity index (χ0n) is 11.6. The first-order chi connectivity index (χ1) is 10.0. The second-order valence-electron chi connectivity index (χ2n) is 4.82. The van der Waals surface area contributed by atoms with Crippen LogP contribution in [0.2, 0.25) is 0 Å². The predicted molar refractivity (Wildman–Crippen MR) is 71.8 cm³/mol. The van der Waals surface area contributed by atoms with Crippen molar-refractivity contribution >= 4 is 17.8 Å². The summed E-state index contributed by atoms with van der Waals surface area (Å²) in [6, 6.07) is 2.80. The van der Waals surface area contributed by atoms with Gasteiger partial charge in [0, 0.05) is 19.3 Å². The quantitative estimate of drug-likeness (QED) is 0.828. The molecule has 0 radical (unpaired) electrons. The minimum absolute atomic E-state index is 0.101. The van der Waals surface area contributed by atoms with Crippen LogP contribution in [0.4, 0.5) is 0 Å². The Bertz CT molecular complexity index is 572. The summed E-state index contributed by atoms with van der Waals surface area (Å²) in [4.78, 5) is 40.5. The van der Waals surface area contributed by atoms with Crippen molar-refractivity contribution in [3.05, 3.63) is 29.6 Å². The number of pyridine rings is 1. The van der Waals surface area contributed by atoms with Crippen LogP contribution in [-0.2, 0) is 9.53 Å². The second kappa shape index (κ2) is 6.34. The van der Waals surface area contributed by atoms with E-state index in [1.165, 1.54) is 30.3 Å². The van der Waals surface area contributed by atoms with Gasteiger partial charge in [-0.05, 0) is 25.0 Å². The number of ether oxygens (including phenoxy) is 1. The van der Waals surface area contributed by atoms with E-state index in [2.05, 4.69) is 4.98 Å². The monoisotopic (exact) mass is 292 g/mol. The molecule has 7 nitrogen and oxygen atoms in total. The fourth-order valence-electron chi connectivity index (χ4n) is 2.42. The number of piperidine rings is 1. The van der Waals surface area contributed by atoms with E-state index in [0.29, 0.717) is 19.4 Å². The Labute approximate surface area is 121 Å². The molecule has 1 saturated heterocycles. The number of carboxylic acid groups (broad SMARTS) is 1. The number of amides is 1. The predicted octanol–water partition coefficient (Wildman–Crippen LogP) is 0.805. The molecule has 1 amide bonds. The van der Waals surface area contributed by atoms with E-state index in [4.69, 9.17) is 9.84 Å². The number of aromatic nitrogens is 1. The van der Waals surface area contributed by atoms with Gasteiger partial charge in [0.25, 0.3) is 5.91 Å². The first-order valence-electron chi connectivity index (χ1n) is 6.60. The highest BCUT2D eigenvalue weighted by Crippen LogP contribution is 2.20. The maximum absolute atomic E-state index is 12.4. The third-order valence-electron chi connectivity index (χ3n) is 3.48. The molecular formula is C14H16N2O5. The summed E-state index contributed by atoms with van der Waals surface area (Å²) >= 11 is 0. The summed E-state index contributed by atoms with van der Waals surface area (Å²) < 4.78 is 4.70. The normalized spacial score (nSPS) is 18.1. The van der Waals surface area contributed by atoms with Gasteiger partial charge in [-0.2, -0.15) is 0 Å². The van der Waals surface area contributed by atoms with Gasteiger partial charge in [-0.1, -0.05) is 0 Å². The highest BCUT2D eigenvalue weighted by Gasteiger charge is 2.31. The van der Waals surface area contributed by atoms with Crippen molar-refractivity contribution in [2.24, 2.45) is 5.92 Å². The Morgan fingerprint density at radius 1 is 1.43 bits per heavy atom. The van der Waals surface area contributed by atoms with Gasteiger partial charge < -0.3 is 14.7 Å². The van der Waals surface area contributed by atoms with Crippen molar-refractivity contribution in [2.45, 2.75) is 12.8 Å². The van der Waals surface area contributed by atoms with Crippen LogP contribution in [0.15, 0.2) is 18.3 Å². The van der Waals surface area contributed by atoms with E-state index in [-0.39, 0.29) is 29.7 Å². The fraction of sp³-hybridized carbons (Fsp3) is 0.429. The molecule has 1 aromatic heterocycles. The fourth-order valence-corrected chi connectivity index (χ4v) is 2.42. The number of carbonyl (C=O) groups excluding carboxylic acids is 2. The summed E-state index contributed by atoms with van der Waals surface area (Å²) in [6.07, 6.45) is 2.70. The van der Waals surface area contributed by atoms with Crippen molar-refractivity contribution in [1.82, 2.24) is 9.88 Å². The Morgan fingerprint density at radius 3 is 2.86 bits per heavy atom. The SMILES string of the molecule is COC(=O)C1CCCN(C(=O)c2ncccc2C(=O)O)C1. The van der Waals surface area contributed by atoms with Crippen molar-refractivity contribution in [3.63, 3.8) is 0 Å². The number of hydrogen-bond acceptors (Lipinski definition) is 5. The molecule has 1 N–H and O–H groups in total. The molecule has 0 bridgehead atoms. The van der Waals surface area contributed by atoms with Crippen molar-refractivity contribution < 1.29 is 24.2 Å². The maximum Gasteiger partial charge on any atom is 0.338 e. The molecule has 0 spiro atoms. The van der Waals surface area contributed by atoms with Crippen LogP contribution in [0.5, 0.6) is 0 Å². The van der Waals surface area contributed by atoms with E-state index in [0.717, 1.165) is 0 Å². The van der Waals surface area contributed by atoms with E-state index in [9.17, 15) is 14.4 Å². The molecule has 1 aliphatic rings. The molecule has 1 atom stereocenters. The molecule has 1 fully saturated rings. The minimum Gasteiger partial charge on any atom is -0.478 e. The summed E-state index contributed by atoms with van der Waals surface area (Å²) in [6.45, 7) is 0.698. The molecule has 1 aliphatic heterocycles. The van der Waals surface area contributed by atoms with Crippen LogP contribution < -0.4 is 0 Å². The molecule has 112 valence electrons. The van der Waals surface area contributed by atoms with Gasteiger partial charge in [-0.3, -0.25) is 14.6 Å². The van der Waals surface area contributed by atoms with Crippen LogP contribution in [0, 0.1) is 5.92 Å². The summed E-state index contributed by atoms with van der Waals surface area (Å²) in [7, 11) is 1.31. The Balaban J connectivity index is 2.20. The van der Waals surface area contributed by atoms with Crippen LogP contribution in [0.1, 0.15) is 33.7 Å². The lowest BCUT2D eigenvalue weighted by molar-refractivity contribution is -0.146. The highest BCUT2D eigenvalue weighted by molar-refractivity contribution is 6.03. The van der Waals surface area contributed by atoms with Gasteiger partial charge in [-0.15, -0.1) is 0 Å².